The first-order valence-electron chi connectivity index (χ1n) is 8.45. The zero-order valence-corrected chi connectivity index (χ0v) is 14.3. The molecule has 2 heteroatoms. The molecule has 0 aliphatic rings. The monoisotopic (exact) mass is 280 g/mol. The molecule has 0 aromatic heterocycles. The molecule has 2 nitrogen and oxygen atoms in total. The van der Waals surface area contributed by atoms with Crippen molar-refractivity contribution in [1.29, 1.82) is 0 Å². The molecule has 0 amide bonds. The molecule has 0 spiro atoms. The smallest absolute Gasteiger partial charge is 0.0146 e. The van der Waals surface area contributed by atoms with Gasteiger partial charge in [-0.1, -0.05) is 32.4 Å². The highest BCUT2D eigenvalue weighted by molar-refractivity contribution is 5.05. The van der Waals surface area contributed by atoms with Crippen LogP contribution in [0.25, 0.3) is 0 Å². The first-order chi connectivity index (χ1) is 9.69. The van der Waals surface area contributed by atoms with Gasteiger partial charge in [-0.15, -0.1) is 6.58 Å². The first-order valence-corrected chi connectivity index (χ1v) is 8.45. The van der Waals surface area contributed by atoms with E-state index in [0.717, 1.165) is 38.5 Å². The van der Waals surface area contributed by atoms with Gasteiger partial charge in [0.2, 0.25) is 0 Å². The summed E-state index contributed by atoms with van der Waals surface area (Å²) in [7, 11) is 0. The van der Waals surface area contributed by atoms with E-state index < -0.39 is 0 Å². The van der Waals surface area contributed by atoms with E-state index >= 15 is 0 Å². The predicted molar refractivity (Wildman–Crippen MR) is 92.0 cm³/mol. The number of rotatable bonds is 13. The lowest BCUT2D eigenvalue weighted by Crippen LogP contribution is -2.21. The second kappa shape index (κ2) is 13.2. The van der Waals surface area contributed by atoms with Crippen molar-refractivity contribution in [2.24, 2.45) is 5.92 Å². The maximum atomic E-state index is 3.88. The Morgan fingerprint density at radius 2 is 1.90 bits per heavy atom. The minimum absolute atomic E-state index is 0.832. The molecule has 0 aliphatic heterocycles. The standard InChI is InChI=1S/C18H36N2/c1-6-12-18(20(8-3)9-4)14-11-10-13-17(5)15-16-19-7-2/h6,14,17,19H,1,7-13,15-16H2,2-5H3/b18-14+. The molecule has 0 heterocycles. The van der Waals surface area contributed by atoms with Gasteiger partial charge in [0.15, 0.2) is 0 Å². The van der Waals surface area contributed by atoms with Crippen LogP contribution in [0.2, 0.25) is 0 Å². The Bertz CT molecular complexity index is 254. The second-order valence-corrected chi connectivity index (χ2v) is 5.54. The van der Waals surface area contributed by atoms with Crippen molar-refractivity contribution >= 4 is 0 Å². The van der Waals surface area contributed by atoms with Crippen LogP contribution < -0.4 is 5.32 Å². The molecule has 1 unspecified atom stereocenters. The molecule has 0 bridgehead atoms. The van der Waals surface area contributed by atoms with Gasteiger partial charge in [-0.05, 0) is 52.1 Å². The zero-order valence-electron chi connectivity index (χ0n) is 14.3. The number of hydrogen-bond acceptors (Lipinski definition) is 2. The fourth-order valence-corrected chi connectivity index (χ4v) is 2.52. The van der Waals surface area contributed by atoms with Gasteiger partial charge in [-0.25, -0.2) is 0 Å². The van der Waals surface area contributed by atoms with Crippen molar-refractivity contribution in [2.45, 2.75) is 59.8 Å². The Morgan fingerprint density at radius 3 is 2.45 bits per heavy atom. The van der Waals surface area contributed by atoms with E-state index in [9.17, 15) is 0 Å². The van der Waals surface area contributed by atoms with E-state index in [-0.39, 0.29) is 0 Å². The largest absolute Gasteiger partial charge is 0.375 e. The van der Waals surface area contributed by atoms with Gasteiger partial charge in [-0.2, -0.15) is 0 Å². The summed E-state index contributed by atoms with van der Waals surface area (Å²) < 4.78 is 0. The molecule has 0 rings (SSSR count). The minimum Gasteiger partial charge on any atom is -0.375 e. The van der Waals surface area contributed by atoms with Crippen LogP contribution in [0.3, 0.4) is 0 Å². The summed E-state index contributed by atoms with van der Waals surface area (Å²) in [6.07, 6.45) is 10.6. The lowest BCUT2D eigenvalue weighted by Gasteiger charge is -2.24. The van der Waals surface area contributed by atoms with Gasteiger partial charge < -0.3 is 10.2 Å². The van der Waals surface area contributed by atoms with Gasteiger partial charge in [0, 0.05) is 25.2 Å². The summed E-state index contributed by atoms with van der Waals surface area (Å²) in [5, 5.41) is 3.41. The summed E-state index contributed by atoms with van der Waals surface area (Å²) in [6, 6.07) is 0. The molecular weight excluding hydrogens is 244 g/mol. The van der Waals surface area contributed by atoms with Crippen LogP contribution in [-0.4, -0.2) is 31.1 Å². The normalized spacial score (nSPS) is 13.3. The maximum absolute atomic E-state index is 3.88. The van der Waals surface area contributed by atoms with E-state index in [1.54, 1.807) is 0 Å². The molecule has 0 aromatic rings. The zero-order chi connectivity index (χ0) is 15.2. The molecule has 0 fully saturated rings. The van der Waals surface area contributed by atoms with Gasteiger partial charge >= 0.3 is 0 Å². The summed E-state index contributed by atoms with van der Waals surface area (Å²) >= 11 is 0. The minimum atomic E-state index is 0.832. The summed E-state index contributed by atoms with van der Waals surface area (Å²) in [4.78, 5) is 2.44. The molecule has 0 saturated heterocycles. The third-order valence-electron chi connectivity index (χ3n) is 3.87. The van der Waals surface area contributed by atoms with Crippen molar-refractivity contribution in [3.63, 3.8) is 0 Å². The van der Waals surface area contributed by atoms with Gasteiger partial charge in [0.1, 0.15) is 0 Å². The molecule has 0 aliphatic carbocycles. The van der Waals surface area contributed by atoms with Gasteiger partial charge in [-0.3, -0.25) is 0 Å². The van der Waals surface area contributed by atoms with Crippen molar-refractivity contribution in [2.75, 3.05) is 26.2 Å². The SMILES string of the molecule is C=CC/C(=C\CCCC(C)CCNCC)N(CC)CC. The summed E-state index contributed by atoms with van der Waals surface area (Å²) in [6.45, 7) is 17.3. The third-order valence-corrected chi connectivity index (χ3v) is 3.87. The average Bonchev–Trinajstić information content (AvgIpc) is 2.45. The van der Waals surface area contributed by atoms with Crippen molar-refractivity contribution in [1.82, 2.24) is 10.2 Å². The number of nitrogens with one attached hydrogen (secondary N) is 1. The van der Waals surface area contributed by atoms with E-state index in [2.05, 4.69) is 50.6 Å². The highest BCUT2D eigenvalue weighted by Gasteiger charge is 2.04. The molecule has 0 saturated carbocycles. The fraction of sp³-hybridized carbons (Fsp3) is 0.778. The van der Waals surface area contributed by atoms with Crippen LogP contribution in [0.1, 0.15) is 59.8 Å². The maximum Gasteiger partial charge on any atom is 0.0146 e. The summed E-state index contributed by atoms with van der Waals surface area (Å²) in [5.41, 5.74) is 1.45. The van der Waals surface area contributed by atoms with Gasteiger partial charge in [0.25, 0.3) is 0 Å². The predicted octanol–water partition coefficient (Wildman–Crippen LogP) is 4.59. The molecule has 0 radical (unpaired) electrons. The van der Waals surface area contributed by atoms with E-state index in [1.807, 2.05) is 6.08 Å². The molecule has 118 valence electrons. The molecule has 20 heavy (non-hydrogen) atoms. The van der Waals surface area contributed by atoms with Crippen LogP contribution in [0.15, 0.2) is 24.4 Å². The van der Waals surface area contributed by atoms with Crippen LogP contribution >= 0.6 is 0 Å². The Kier molecular flexibility index (Phi) is 12.7. The van der Waals surface area contributed by atoms with Crippen molar-refractivity contribution in [3.8, 4) is 0 Å². The number of unbranched alkanes of at least 4 members (excludes halogenated alkanes) is 1. The number of nitrogens with zero attached hydrogens (tertiary/aromatic N) is 1. The molecule has 1 N–H and O–H groups in total. The number of hydrogen-bond donors (Lipinski definition) is 1. The van der Waals surface area contributed by atoms with E-state index in [4.69, 9.17) is 0 Å². The molecular formula is C18H36N2. The molecule has 0 aromatic carbocycles. The topological polar surface area (TPSA) is 15.3 Å². The van der Waals surface area contributed by atoms with Crippen LogP contribution in [-0.2, 0) is 0 Å². The van der Waals surface area contributed by atoms with Crippen LogP contribution in [0, 0.1) is 5.92 Å². The molecule has 1 atom stereocenters. The first kappa shape index (κ1) is 19.2. The highest BCUT2D eigenvalue weighted by Crippen LogP contribution is 2.15. The van der Waals surface area contributed by atoms with Crippen LogP contribution in [0.4, 0.5) is 0 Å². The second-order valence-electron chi connectivity index (χ2n) is 5.54. The quantitative estimate of drug-likeness (QED) is 0.392. The van der Waals surface area contributed by atoms with Crippen molar-refractivity contribution in [3.05, 3.63) is 24.4 Å². The summed E-state index contributed by atoms with van der Waals surface area (Å²) in [5.74, 6) is 0.832. The van der Waals surface area contributed by atoms with Gasteiger partial charge in [0.05, 0.1) is 0 Å². The highest BCUT2D eigenvalue weighted by atomic mass is 15.1. The van der Waals surface area contributed by atoms with E-state index in [0.29, 0.717) is 0 Å². The van der Waals surface area contributed by atoms with Crippen LogP contribution in [0.5, 0.6) is 0 Å². The van der Waals surface area contributed by atoms with E-state index in [1.165, 1.54) is 31.4 Å². The third kappa shape index (κ3) is 9.19. The van der Waals surface area contributed by atoms with Crippen molar-refractivity contribution < 1.29 is 0 Å². The lowest BCUT2D eigenvalue weighted by atomic mass is 10.00. The number of allylic oxidation sites excluding steroid dienone is 2. The Morgan fingerprint density at radius 1 is 1.20 bits per heavy atom. The fourth-order valence-electron chi connectivity index (χ4n) is 2.52. The Balaban J connectivity index is 4.01. The Labute approximate surface area is 127 Å². The average molecular weight is 280 g/mol. The Hall–Kier alpha value is -0.760. The lowest BCUT2D eigenvalue weighted by molar-refractivity contribution is 0.373.